The van der Waals surface area contributed by atoms with E-state index in [2.05, 4.69) is 20.8 Å². The molecular weight excluding hydrogens is 274 g/mol. The van der Waals surface area contributed by atoms with Gasteiger partial charge in [-0.2, -0.15) is 10.4 Å². The van der Waals surface area contributed by atoms with Crippen LogP contribution in [0.2, 0.25) is 0 Å². The number of carboxylic acids is 1. The zero-order valence-corrected chi connectivity index (χ0v) is 10.8. The van der Waals surface area contributed by atoms with E-state index in [4.69, 9.17) is 10.4 Å². The molecule has 1 amide bonds. The number of amides is 1. The first kappa shape index (κ1) is 14.1. The fourth-order valence-electron chi connectivity index (χ4n) is 1.58. The number of aliphatic carboxylic acids is 1. The van der Waals surface area contributed by atoms with Gasteiger partial charge in [-0.05, 0) is 18.2 Å². The fraction of sp³-hybridized carbons (Fsp3) is 0.0769. The lowest BCUT2D eigenvalue weighted by Gasteiger charge is -2.03. The van der Waals surface area contributed by atoms with Gasteiger partial charge in [0.05, 0.1) is 11.7 Å². The molecule has 0 radical (unpaired) electrons. The van der Waals surface area contributed by atoms with E-state index in [1.54, 1.807) is 24.4 Å². The largest absolute Gasteiger partial charge is 0.480 e. The zero-order valence-electron chi connectivity index (χ0n) is 10.8. The van der Waals surface area contributed by atoms with Crippen LogP contribution < -0.4 is 10.6 Å². The van der Waals surface area contributed by atoms with Gasteiger partial charge in [-0.1, -0.05) is 0 Å². The standard InChI is InChI=1S/C13H11N5O3/c14-4-9(13(21)16-7-12(19)20)5-15-10-2-1-8-6-17-18-11(8)3-10/h1-3,5-6,15H,7H2,(H,16,21)(H,17,18)(H,19,20)/b9-5-. The molecule has 21 heavy (non-hydrogen) atoms. The van der Waals surface area contributed by atoms with Crippen molar-refractivity contribution in [1.29, 1.82) is 5.26 Å². The molecule has 0 aliphatic heterocycles. The molecule has 0 aliphatic carbocycles. The molecule has 0 unspecified atom stereocenters. The van der Waals surface area contributed by atoms with Crippen LogP contribution in [0.15, 0.2) is 36.2 Å². The second kappa shape index (κ2) is 6.21. The molecule has 0 bridgehead atoms. The number of hydrogen-bond donors (Lipinski definition) is 4. The van der Waals surface area contributed by atoms with E-state index in [1.807, 2.05) is 6.07 Å². The molecule has 0 fully saturated rings. The van der Waals surface area contributed by atoms with Crippen LogP contribution in [-0.4, -0.2) is 33.7 Å². The zero-order chi connectivity index (χ0) is 15.2. The minimum atomic E-state index is -1.18. The highest BCUT2D eigenvalue weighted by molar-refractivity contribution is 5.98. The van der Waals surface area contributed by atoms with Gasteiger partial charge in [0.1, 0.15) is 18.2 Å². The van der Waals surface area contributed by atoms with Gasteiger partial charge in [-0.15, -0.1) is 0 Å². The van der Waals surface area contributed by atoms with Crippen molar-refractivity contribution in [1.82, 2.24) is 15.5 Å². The first-order valence-electron chi connectivity index (χ1n) is 5.90. The second-order valence-electron chi connectivity index (χ2n) is 4.06. The van der Waals surface area contributed by atoms with E-state index in [-0.39, 0.29) is 5.57 Å². The SMILES string of the molecule is N#C/C(=C/Nc1ccc2cn[nH]c2c1)C(=O)NCC(=O)O. The first-order chi connectivity index (χ1) is 10.1. The molecule has 0 saturated heterocycles. The molecule has 2 rings (SSSR count). The third-order valence-corrected chi connectivity index (χ3v) is 2.59. The quantitative estimate of drug-likeness (QED) is 0.469. The third-order valence-electron chi connectivity index (χ3n) is 2.59. The summed E-state index contributed by atoms with van der Waals surface area (Å²) in [6.45, 7) is -0.544. The molecule has 1 aromatic heterocycles. The van der Waals surface area contributed by atoms with Crippen molar-refractivity contribution in [2.24, 2.45) is 0 Å². The molecular formula is C13H11N5O3. The summed E-state index contributed by atoms with van der Waals surface area (Å²) in [5.41, 5.74) is 1.24. The third kappa shape index (κ3) is 3.57. The number of fused-ring (bicyclic) bond motifs is 1. The van der Waals surface area contributed by atoms with Crippen LogP contribution in [0.4, 0.5) is 5.69 Å². The van der Waals surface area contributed by atoms with Gasteiger partial charge in [0.25, 0.3) is 5.91 Å². The van der Waals surface area contributed by atoms with Gasteiger partial charge in [0.2, 0.25) is 0 Å². The van der Waals surface area contributed by atoms with E-state index in [9.17, 15) is 9.59 Å². The van der Waals surface area contributed by atoms with Crippen LogP contribution >= 0.6 is 0 Å². The number of aromatic amines is 1. The Balaban J connectivity index is 2.08. The molecule has 2 aromatic rings. The topological polar surface area (TPSA) is 131 Å². The molecule has 0 saturated carbocycles. The van der Waals surface area contributed by atoms with Gasteiger partial charge in [0.15, 0.2) is 0 Å². The number of nitrogens with one attached hydrogen (secondary N) is 3. The molecule has 4 N–H and O–H groups in total. The number of carbonyl (C=O) groups excluding carboxylic acids is 1. The van der Waals surface area contributed by atoms with Crippen LogP contribution in [0.1, 0.15) is 0 Å². The van der Waals surface area contributed by atoms with Crippen LogP contribution in [0, 0.1) is 11.3 Å². The summed E-state index contributed by atoms with van der Waals surface area (Å²) in [6, 6.07) is 7.06. The van der Waals surface area contributed by atoms with Crippen LogP contribution in [-0.2, 0) is 9.59 Å². The van der Waals surface area contributed by atoms with E-state index < -0.39 is 18.4 Å². The summed E-state index contributed by atoms with van der Waals surface area (Å²) >= 11 is 0. The average molecular weight is 285 g/mol. The number of benzene rings is 1. The fourth-order valence-corrected chi connectivity index (χ4v) is 1.58. The van der Waals surface area contributed by atoms with E-state index in [0.717, 1.165) is 10.9 Å². The number of nitrogens with zero attached hydrogens (tertiary/aromatic N) is 2. The molecule has 8 heteroatoms. The van der Waals surface area contributed by atoms with E-state index in [1.165, 1.54) is 6.20 Å². The number of H-pyrrole nitrogens is 1. The van der Waals surface area contributed by atoms with Gasteiger partial charge in [0, 0.05) is 17.3 Å². The normalized spacial score (nSPS) is 10.9. The van der Waals surface area contributed by atoms with Crippen molar-refractivity contribution in [3.05, 3.63) is 36.2 Å². The van der Waals surface area contributed by atoms with Crippen LogP contribution in [0.25, 0.3) is 10.9 Å². The molecule has 1 aromatic carbocycles. The number of carbonyl (C=O) groups is 2. The molecule has 0 spiro atoms. The van der Waals surface area contributed by atoms with Crippen molar-refractivity contribution in [2.75, 3.05) is 11.9 Å². The highest BCUT2D eigenvalue weighted by Gasteiger charge is 2.09. The average Bonchev–Trinajstić information content (AvgIpc) is 2.93. The van der Waals surface area contributed by atoms with E-state index in [0.29, 0.717) is 5.69 Å². The minimum Gasteiger partial charge on any atom is -0.480 e. The van der Waals surface area contributed by atoms with Crippen molar-refractivity contribution in [2.45, 2.75) is 0 Å². The minimum absolute atomic E-state index is 0.221. The highest BCUT2D eigenvalue weighted by Crippen LogP contribution is 2.16. The first-order valence-corrected chi connectivity index (χ1v) is 5.90. The summed E-state index contributed by atoms with van der Waals surface area (Å²) in [7, 11) is 0. The predicted molar refractivity (Wildman–Crippen MR) is 74.1 cm³/mol. The van der Waals surface area contributed by atoms with Crippen molar-refractivity contribution in [3.63, 3.8) is 0 Å². The molecule has 1 heterocycles. The van der Waals surface area contributed by atoms with Crippen molar-refractivity contribution in [3.8, 4) is 6.07 Å². The van der Waals surface area contributed by atoms with Crippen molar-refractivity contribution < 1.29 is 14.7 Å². The molecule has 106 valence electrons. The maximum atomic E-state index is 11.5. The molecule has 8 nitrogen and oxygen atoms in total. The Bertz CT molecular complexity index is 756. The smallest absolute Gasteiger partial charge is 0.322 e. The Morgan fingerprint density at radius 2 is 2.29 bits per heavy atom. The Morgan fingerprint density at radius 3 is 3.00 bits per heavy atom. The summed E-state index contributed by atoms with van der Waals surface area (Å²) < 4.78 is 0. The Labute approximate surface area is 119 Å². The number of anilines is 1. The lowest BCUT2D eigenvalue weighted by atomic mass is 10.2. The molecule has 0 atom stereocenters. The number of hydrogen-bond acceptors (Lipinski definition) is 5. The lowest BCUT2D eigenvalue weighted by molar-refractivity contribution is -0.137. The van der Waals surface area contributed by atoms with Crippen LogP contribution in [0.5, 0.6) is 0 Å². The Kier molecular flexibility index (Phi) is 4.16. The van der Waals surface area contributed by atoms with Gasteiger partial charge in [-0.25, -0.2) is 0 Å². The second-order valence-corrected chi connectivity index (χ2v) is 4.06. The summed E-state index contributed by atoms with van der Waals surface area (Å²) in [5, 5.41) is 29.9. The lowest BCUT2D eigenvalue weighted by Crippen LogP contribution is -2.30. The number of nitriles is 1. The Morgan fingerprint density at radius 1 is 1.48 bits per heavy atom. The highest BCUT2D eigenvalue weighted by atomic mass is 16.4. The van der Waals surface area contributed by atoms with E-state index >= 15 is 0 Å². The Hall–Kier alpha value is -3.34. The summed E-state index contributed by atoms with van der Waals surface area (Å²) in [6.07, 6.45) is 2.89. The number of carboxylic acid groups (broad SMARTS) is 1. The van der Waals surface area contributed by atoms with Gasteiger partial charge in [-0.3, -0.25) is 14.7 Å². The maximum Gasteiger partial charge on any atom is 0.322 e. The summed E-state index contributed by atoms with van der Waals surface area (Å²) in [5.74, 6) is -1.94. The summed E-state index contributed by atoms with van der Waals surface area (Å²) in [4.78, 5) is 21.9. The molecule has 0 aliphatic rings. The number of rotatable bonds is 5. The predicted octanol–water partition coefficient (Wildman–Crippen LogP) is 0.583. The van der Waals surface area contributed by atoms with Crippen molar-refractivity contribution >= 4 is 28.5 Å². The van der Waals surface area contributed by atoms with Gasteiger partial charge >= 0.3 is 5.97 Å². The van der Waals surface area contributed by atoms with Gasteiger partial charge < -0.3 is 15.7 Å². The number of aromatic nitrogens is 2. The maximum absolute atomic E-state index is 11.5. The van der Waals surface area contributed by atoms with Crippen LogP contribution in [0.3, 0.4) is 0 Å². The monoisotopic (exact) mass is 285 g/mol.